The summed E-state index contributed by atoms with van der Waals surface area (Å²) in [5.74, 6) is 0.446. The fraction of sp³-hybridized carbons (Fsp3) is 0.130. The molecule has 3 aromatic carbocycles. The molecular formula is C23H19BrN2O2S. The topological polar surface area (TPSA) is 49.4 Å². The van der Waals surface area contributed by atoms with Crippen molar-refractivity contribution in [3.05, 3.63) is 100 Å². The molecule has 3 aromatic rings. The average molecular weight is 467 g/mol. The molecule has 146 valence electrons. The van der Waals surface area contributed by atoms with E-state index in [2.05, 4.69) is 21.2 Å². The highest BCUT2D eigenvalue weighted by atomic mass is 79.9. The van der Waals surface area contributed by atoms with E-state index in [0.29, 0.717) is 17.9 Å². The molecule has 1 aliphatic rings. The molecule has 2 amide bonds. The number of carbonyl (C=O) groups is 2. The molecule has 1 saturated heterocycles. The largest absolute Gasteiger partial charge is 0.322 e. The summed E-state index contributed by atoms with van der Waals surface area (Å²) in [5.41, 5.74) is 3.44. The van der Waals surface area contributed by atoms with E-state index in [4.69, 9.17) is 0 Å². The first-order valence-corrected chi connectivity index (χ1v) is 11.1. The predicted molar refractivity (Wildman–Crippen MR) is 121 cm³/mol. The van der Waals surface area contributed by atoms with Crippen molar-refractivity contribution in [1.29, 1.82) is 0 Å². The maximum Gasteiger partial charge on any atom is 0.255 e. The molecule has 1 aliphatic heterocycles. The zero-order valence-corrected chi connectivity index (χ0v) is 17.9. The van der Waals surface area contributed by atoms with Crippen LogP contribution in [-0.4, -0.2) is 22.5 Å². The minimum absolute atomic E-state index is 0.0388. The zero-order valence-electron chi connectivity index (χ0n) is 15.5. The fourth-order valence-electron chi connectivity index (χ4n) is 3.24. The Bertz CT molecular complexity index is 1020. The molecule has 0 aliphatic carbocycles. The number of benzene rings is 3. The summed E-state index contributed by atoms with van der Waals surface area (Å²) in [6, 6.07) is 25.0. The molecule has 0 unspecified atom stereocenters. The number of anilines is 1. The van der Waals surface area contributed by atoms with E-state index >= 15 is 0 Å². The molecule has 1 heterocycles. The summed E-state index contributed by atoms with van der Waals surface area (Å²) < 4.78 is 0.836. The number of hydrogen-bond donors (Lipinski definition) is 1. The molecule has 0 spiro atoms. The number of rotatable bonds is 5. The van der Waals surface area contributed by atoms with Gasteiger partial charge in [0.1, 0.15) is 5.37 Å². The van der Waals surface area contributed by atoms with E-state index in [1.54, 1.807) is 11.8 Å². The lowest BCUT2D eigenvalue weighted by molar-refractivity contribution is -0.128. The monoisotopic (exact) mass is 466 g/mol. The van der Waals surface area contributed by atoms with E-state index in [0.717, 1.165) is 21.3 Å². The molecule has 4 rings (SSSR count). The highest BCUT2D eigenvalue weighted by Gasteiger charge is 2.32. The van der Waals surface area contributed by atoms with Gasteiger partial charge in [0.2, 0.25) is 5.91 Å². The van der Waals surface area contributed by atoms with Gasteiger partial charge in [0, 0.05) is 16.6 Å². The Labute approximate surface area is 182 Å². The summed E-state index contributed by atoms with van der Waals surface area (Å²) in [5, 5.41) is 2.87. The smallest absolute Gasteiger partial charge is 0.255 e. The number of nitrogens with one attached hydrogen (secondary N) is 1. The van der Waals surface area contributed by atoms with Crippen LogP contribution in [0.25, 0.3) is 0 Å². The van der Waals surface area contributed by atoms with Crippen LogP contribution in [0.4, 0.5) is 5.69 Å². The van der Waals surface area contributed by atoms with Crippen molar-refractivity contribution < 1.29 is 9.59 Å². The molecule has 4 nitrogen and oxygen atoms in total. The third kappa shape index (κ3) is 4.54. The number of amides is 2. The summed E-state index contributed by atoms with van der Waals surface area (Å²) in [6.45, 7) is 0.585. The minimum Gasteiger partial charge on any atom is -0.322 e. The van der Waals surface area contributed by atoms with Crippen molar-refractivity contribution in [2.24, 2.45) is 0 Å². The van der Waals surface area contributed by atoms with Crippen molar-refractivity contribution in [2.75, 3.05) is 11.1 Å². The van der Waals surface area contributed by atoms with Crippen LogP contribution < -0.4 is 5.32 Å². The van der Waals surface area contributed by atoms with Gasteiger partial charge in [-0.05, 0) is 51.3 Å². The SMILES string of the molecule is O=C(Nc1ccccc1Br)c1ccc([C@H]2SCC(=O)N2Cc2ccccc2)cc1. The molecule has 1 N–H and O–H groups in total. The predicted octanol–water partition coefficient (Wildman–Crippen LogP) is 5.48. The molecule has 29 heavy (non-hydrogen) atoms. The number of nitrogens with zero attached hydrogens (tertiary/aromatic N) is 1. The molecule has 6 heteroatoms. The number of carbonyl (C=O) groups excluding carboxylic acids is 2. The van der Waals surface area contributed by atoms with Crippen molar-refractivity contribution in [3.63, 3.8) is 0 Å². The van der Waals surface area contributed by atoms with Crippen LogP contribution in [0, 0.1) is 0 Å². The molecule has 0 bridgehead atoms. The number of para-hydroxylation sites is 1. The Balaban J connectivity index is 1.48. The maximum absolute atomic E-state index is 12.6. The maximum atomic E-state index is 12.6. The second kappa shape index (κ2) is 8.84. The van der Waals surface area contributed by atoms with Crippen molar-refractivity contribution in [3.8, 4) is 0 Å². The molecule has 0 radical (unpaired) electrons. The quantitative estimate of drug-likeness (QED) is 0.541. The van der Waals surface area contributed by atoms with Crippen LogP contribution >= 0.6 is 27.7 Å². The second-order valence-electron chi connectivity index (χ2n) is 6.73. The fourth-order valence-corrected chi connectivity index (χ4v) is 4.81. The van der Waals surface area contributed by atoms with Gasteiger partial charge in [-0.1, -0.05) is 54.6 Å². The first-order valence-electron chi connectivity index (χ1n) is 9.22. The molecule has 0 saturated carbocycles. The van der Waals surface area contributed by atoms with Crippen LogP contribution in [0.1, 0.15) is 26.9 Å². The van der Waals surface area contributed by atoms with Gasteiger partial charge in [-0.3, -0.25) is 9.59 Å². The van der Waals surface area contributed by atoms with E-state index in [1.807, 2.05) is 83.8 Å². The Hall–Kier alpha value is -2.57. The first kappa shape index (κ1) is 19.7. The van der Waals surface area contributed by atoms with E-state index < -0.39 is 0 Å². The van der Waals surface area contributed by atoms with Crippen molar-refractivity contribution in [2.45, 2.75) is 11.9 Å². The van der Waals surface area contributed by atoms with Gasteiger partial charge in [0.05, 0.1) is 11.4 Å². The first-order chi connectivity index (χ1) is 14.1. The van der Waals surface area contributed by atoms with Crippen LogP contribution in [0.2, 0.25) is 0 Å². The third-order valence-corrected chi connectivity index (χ3v) is 6.69. The van der Waals surface area contributed by atoms with Gasteiger partial charge in [-0.15, -0.1) is 11.8 Å². The lowest BCUT2D eigenvalue weighted by Crippen LogP contribution is -2.27. The van der Waals surface area contributed by atoms with Gasteiger partial charge in [0.15, 0.2) is 0 Å². The third-order valence-electron chi connectivity index (χ3n) is 4.74. The van der Waals surface area contributed by atoms with Crippen molar-refractivity contribution >= 4 is 45.2 Å². The van der Waals surface area contributed by atoms with E-state index in [1.165, 1.54) is 0 Å². The Kier molecular flexibility index (Phi) is 6.02. The number of hydrogen-bond acceptors (Lipinski definition) is 3. The minimum atomic E-state index is -0.167. The van der Waals surface area contributed by atoms with Gasteiger partial charge in [0.25, 0.3) is 5.91 Å². The van der Waals surface area contributed by atoms with E-state index in [9.17, 15) is 9.59 Å². The van der Waals surface area contributed by atoms with Gasteiger partial charge in [-0.2, -0.15) is 0 Å². The Morgan fingerprint density at radius 3 is 2.41 bits per heavy atom. The highest BCUT2D eigenvalue weighted by Crippen LogP contribution is 2.39. The molecular weight excluding hydrogens is 448 g/mol. The lowest BCUT2D eigenvalue weighted by atomic mass is 10.1. The standard InChI is InChI=1S/C23H19BrN2O2S/c24-19-8-4-5-9-20(19)25-22(28)17-10-12-18(13-11-17)23-26(21(27)15-29-23)14-16-6-2-1-3-7-16/h1-13,23H,14-15H2,(H,25,28)/t23-/m1/s1. The summed E-state index contributed by atoms with van der Waals surface area (Å²) in [7, 11) is 0. The van der Waals surface area contributed by atoms with Crippen LogP contribution in [-0.2, 0) is 11.3 Å². The van der Waals surface area contributed by atoms with Gasteiger partial charge in [-0.25, -0.2) is 0 Å². The Morgan fingerprint density at radius 1 is 1.00 bits per heavy atom. The molecule has 0 aromatic heterocycles. The van der Waals surface area contributed by atoms with Gasteiger partial charge >= 0.3 is 0 Å². The summed E-state index contributed by atoms with van der Waals surface area (Å²) in [4.78, 5) is 26.9. The van der Waals surface area contributed by atoms with Crippen molar-refractivity contribution in [1.82, 2.24) is 4.90 Å². The molecule has 1 fully saturated rings. The van der Waals surface area contributed by atoms with Crippen LogP contribution in [0.3, 0.4) is 0 Å². The second-order valence-corrected chi connectivity index (χ2v) is 8.65. The van der Waals surface area contributed by atoms with E-state index in [-0.39, 0.29) is 17.2 Å². The number of halogens is 1. The van der Waals surface area contributed by atoms with Crippen LogP contribution in [0.5, 0.6) is 0 Å². The van der Waals surface area contributed by atoms with Gasteiger partial charge < -0.3 is 10.2 Å². The highest BCUT2D eigenvalue weighted by molar-refractivity contribution is 9.10. The lowest BCUT2D eigenvalue weighted by Gasteiger charge is -2.24. The Morgan fingerprint density at radius 2 is 1.69 bits per heavy atom. The normalized spacial score (nSPS) is 16.1. The molecule has 1 atom stereocenters. The summed E-state index contributed by atoms with van der Waals surface area (Å²) >= 11 is 5.06. The average Bonchev–Trinajstić information content (AvgIpc) is 3.11. The summed E-state index contributed by atoms with van der Waals surface area (Å²) in [6.07, 6.45) is 0. The number of thioether (sulfide) groups is 1. The zero-order chi connectivity index (χ0) is 20.2. The van der Waals surface area contributed by atoms with Crippen LogP contribution in [0.15, 0.2) is 83.3 Å².